The first-order chi connectivity index (χ1) is 11.5. The van der Waals surface area contributed by atoms with Gasteiger partial charge < -0.3 is 21.2 Å². The van der Waals surface area contributed by atoms with Crippen LogP contribution in [-0.4, -0.2) is 25.8 Å². The summed E-state index contributed by atoms with van der Waals surface area (Å²) in [5, 5.41) is 10.8. The summed E-state index contributed by atoms with van der Waals surface area (Å²) in [5.74, 6) is -0.472. The second-order valence-corrected chi connectivity index (χ2v) is 4.99. The standard InChI is InChI=1S/C18H18FN3O2/c1-22-18(23)13-7-9-15(21)16(17(13)24-2)14(20)8-6-11-4-3-5-12(19)10-11/h3-10,20H,21H2,1-2H3,(H,22,23)/b8-6+,20-14?. The zero-order valence-corrected chi connectivity index (χ0v) is 13.4. The van der Waals surface area contributed by atoms with E-state index in [-0.39, 0.29) is 28.7 Å². The van der Waals surface area contributed by atoms with Gasteiger partial charge in [-0.1, -0.05) is 18.2 Å². The van der Waals surface area contributed by atoms with Crippen LogP contribution in [0.1, 0.15) is 21.5 Å². The van der Waals surface area contributed by atoms with Crippen LogP contribution < -0.4 is 15.8 Å². The molecule has 0 aromatic heterocycles. The molecule has 0 fully saturated rings. The van der Waals surface area contributed by atoms with E-state index >= 15 is 0 Å². The van der Waals surface area contributed by atoms with E-state index in [1.807, 2.05) is 0 Å². The van der Waals surface area contributed by atoms with Crippen LogP contribution in [-0.2, 0) is 0 Å². The predicted molar refractivity (Wildman–Crippen MR) is 93.1 cm³/mol. The third-order valence-electron chi connectivity index (χ3n) is 3.43. The van der Waals surface area contributed by atoms with Crippen molar-refractivity contribution < 1.29 is 13.9 Å². The minimum absolute atomic E-state index is 0.0550. The van der Waals surface area contributed by atoms with Crippen molar-refractivity contribution in [1.29, 1.82) is 5.41 Å². The lowest BCUT2D eigenvalue weighted by molar-refractivity contribution is 0.0960. The Morgan fingerprint density at radius 3 is 2.71 bits per heavy atom. The number of allylic oxidation sites excluding steroid dienone is 1. The van der Waals surface area contributed by atoms with Crippen LogP contribution >= 0.6 is 0 Å². The molecule has 24 heavy (non-hydrogen) atoms. The van der Waals surface area contributed by atoms with Crippen molar-refractivity contribution in [3.63, 3.8) is 0 Å². The summed E-state index contributed by atoms with van der Waals surface area (Å²) < 4.78 is 18.5. The van der Waals surface area contributed by atoms with Crippen LogP contribution in [0.4, 0.5) is 10.1 Å². The van der Waals surface area contributed by atoms with E-state index < -0.39 is 0 Å². The topological polar surface area (TPSA) is 88.2 Å². The molecule has 0 aliphatic heterocycles. The number of nitrogen functional groups attached to an aromatic ring is 1. The van der Waals surface area contributed by atoms with E-state index in [1.54, 1.807) is 30.3 Å². The molecule has 0 aliphatic rings. The van der Waals surface area contributed by atoms with Gasteiger partial charge in [-0.2, -0.15) is 0 Å². The van der Waals surface area contributed by atoms with E-state index in [0.717, 1.165) is 0 Å². The fourth-order valence-electron chi connectivity index (χ4n) is 2.27. The first-order valence-electron chi connectivity index (χ1n) is 7.19. The molecule has 0 atom stereocenters. The molecule has 0 unspecified atom stereocenters. The van der Waals surface area contributed by atoms with Gasteiger partial charge in [0, 0.05) is 12.7 Å². The SMILES string of the molecule is CNC(=O)c1ccc(N)c(C(=N)/C=C/c2cccc(F)c2)c1OC. The maximum Gasteiger partial charge on any atom is 0.254 e. The van der Waals surface area contributed by atoms with Gasteiger partial charge in [0.15, 0.2) is 0 Å². The highest BCUT2D eigenvalue weighted by Gasteiger charge is 2.19. The molecule has 0 radical (unpaired) electrons. The maximum atomic E-state index is 13.2. The molecule has 1 amide bonds. The maximum absolute atomic E-state index is 13.2. The van der Waals surface area contributed by atoms with Crippen LogP contribution in [0.2, 0.25) is 0 Å². The van der Waals surface area contributed by atoms with Crippen molar-refractivity contribution >= 4 is 23.4 Å². The van der Waals surface area contributed by atoms with Crippen molar-refractivity contribution in [1.82, 2.24) is 5.32 Å². The molecular weight excluding hydrogens is 309 g/mol. The average Bonchev–Trinajstić information content (AvgIpc) is 2.58. The fraction of sp³-hybridized carbons (Fsp3) is 0.111. The lowest BCUT2D eigenvalue weighted by Crippen LogP contribution is -2.20. The Bertz CT molecular complexity index is 816. The van der Waals surface area contributed by atoms with Gasteiger partial charge in [-0.15, -0.1) is 0 Å². The number of methoxy groups -OCH3 is 1. The van der Waals surface area contributed by atoms with Crippen LogP contribution in [0.15, 0.2) is 42.5 Å². The molecule has 2 aromatic carbocycles. The fourth-order valence-corrected chi connectivity index (χ4v) is 2.27. The normalized spacial score (nSPS) is 10.6. The zero-order valence-electron chi connectivity index (χ0n) is 13.4. The van der Waals surface area contributed by atoms with E-state index in [2.05, 4.69) is 5.32 Å². The second-order valence-electron chi connectivity index (χ2n) is 4.99. The number of amides is 1. The summed E-state index contributed by atoms with van der Waals surface area (Å²) in [4.78, 5) is 11.9. The van der Waals surface area contributed by atoms with Crippen LogP contribution in [0.3, 0.4) is 0 Å². The van der Waals surface area contributed by atoms with E-state index in [1.165, 1.54) is 32.4 Å². The molecule has 0 spiro atoms. The molecule has 0 saturated heterocycles. The summed E-state index contributed by atoms with van der Waals surface area (Å²) in [7, 11) is 2.92. The summed E-state index contributed by atoms with van der Waals surface area (Å²) in [5.41, 5.74) is 7.53. The number of nitrogens with two attached hydrogens (primary N) is 1. The molecule has 4 N–H and O–H groups in total. The van der Waals surface area contributed by atoms with Gasteiger partial charge in [-0.25, -0.2) is 4.39 Å². The third kappa shape index (κ3) is 3.60. The van der Waals surface area contributed by atoms with E-state index in [4.69, 9.17) is 15.9 Å². The smallest absolute Gasteiger partial charge is 0.254 e. The van der Waals surface area contributed by atoms with Crippen LogP contribution in [0.5, 0.6) is 5.75 Å². The summed E-state index contributed by atoms with van der Waals surface area (Å²) >= 11 is 0. The highest BCUT2D eigenvalue weighted by atomic mass is 19.1. The van der Waals surface area contributed by atoms with E-state index in [9.17, 15) is 9.18 Å². The lowest BCUT2D eigenvalue weighted by atomic mass is 10.0. The third-order valence-corrected chi connectivity index (χ3v) is 3.43. The largest absolute Gasteiger partial charge is 0.495 e. The number of carbonyl (C=O) groups excluding carboxylic acids is 1. The zero-order chi connectivity index (χ0) is 17.7. The monoisotopic (exact) mass is 327 g/mol. The van der Waals surface area contributed by atoms with Crippen LogP contribution in [0.25, 0.3) is 6.08 Å². The average molecular weight is 327 g/mol. The van der Waals surface area contributed by atoms with Gasteiger partial charge in [-0.3, -0.25) is 4.79 Å². The Morgan fingerprint density at radius 1 is 1.33 bits per heavy atom. The van der Waals surface area contributed by atoms with Crippen molar-refractivity contribution in [2.24, 2.45) is 0 Å². The number of hydrogen-bond donors (Lipinski definition) is 3. The second kappa shape index (κ2) is 7.41. The van der Waals surface area contributed by atoms with Gasteiger partial charge in [-0.05, 0) is 35.9 Å². The van der Waals surface area contributed by atoms with Gasteiger partial charge in [0.05, 0.1) is 23.9 Å². The number of halogens is 1. The molecular formula is C18H18FN3O2. The van der Waals surface area contributed by atoms with Crippen molar-refractivity contribution in [3.05, 3.63) is 65.0 Å². The number of carbonyl (C=O) groups is 1. The minimum atomic E-state index is -0.359. The van der Waals surface area contributed by atoms with Gasteiger partial charge >= 0.3 is 0 Å². The van der Waals surface area contributed by atoms with Gasteiger partial charge in [0.25, 0.3) is 5.91 Å². The number of rotatable bonds is 5. The van der Waals surface area contributed by atoms with Gasteiger partial charge in [0.1, 0.15) is 11.6 Å². The first-order valence-corrected chi connectivity index (χ1v) is 7.19. The highest BCUT2D eigenvalue weighted by molar-refractivity contribution is 6.15. The number of anilines is 1. The van der Waals surface area contributed by atoms with Gasteiger partial charge in [0.2, 0.25) is 0 Å². The molecule has 0 heterocycles. The molecule has 0 saturated carbocycles. The molecule has 124 valence electrons. The lowest BCUT2D eigenvalue weighted by Gasteiger charge is -2.14. The minimum Gasteiger partial charge on any atom is -0.495 e. The highest BCUT2D eigenvalue weighted by Crippen LogP contribution is 2.30. The number of nitrogens with one attached hydrogen (secondary N) is 2. The molecule has 6 heteroatoms. The number of benzene rings is 2. The van der Waals surface area contributed by atoms with Crippen molar-refractivity contribution in [2.75, 3.05) is 19.9 Å². The van der Waals surface area contributed by atoms with E-state index in [0.29, 0.717) is 16.8 Å². The first kappa shape index (κ1) is 17.2. The number of ether oxygens (including phenoxy) is 1. The predicted octanol–water partition coefficient (Wildman–Crippen LogP) is 2.86. The summed E-state index contributed by atoms with van der Waals surface area (Å²) in [6.45, 7) is 0. The molecule has 0 bridgehead atoms. The Balaban J connectivity index is 2.43. The molecule has 0 aliphatic carbocycles. The van der Waals surface area contributed by atoms with Crippen LogP contribution in [0, 0.1) is 11.2 Å². The Labute approximate surface area is 139 Å². The van der Waals surface area contributed by atoms with Crippen molar-refractivity contribution in [2.45, 2.75) is 0 Å². The molecule has 2 aromatic rings. The number of hydrogen-bond acceptors (Lipinski definition) is 4. The molecule has 5 nitrogen and oxygen atoms in total. The Kier molecular flexibility index (Phi) is 5.31. The Morgan fingerprint density at radius 2 is 2.08 bits per heavy atom. The Hall–Kier alpha value is -3.15. The molecule has 2 rings (SSSR count). The quantitative estimate of drug-likeness (QED) is 0.583. The summed E-state index contributed by atoms with van der Waals surface area (Å²) in [6.07, 6.45) is 3.08. The van der Waals surface area contributed by atoms with Crippen molar-refractivity contribution in [3.8, 4) is 5.75 Å². The summed E-state index contributed by atoms with van der Waals surface area (Å²) in [6, 6.07) is 9.09.